The third kappa shape index (κ3) is 1.25. The molecule has 0 aromatic carbocycles. The lowest BCUT2D eigenvalue weighted by Gasteiger charge is -2.37. The summed E-state index contributed by atoms with van der Waals surface area (Å²) in [6.45, 7) is 2.03. The molecule has 12 heavy (non-hydrogen) atoms. The zero-order valence-electron chi connectivity index (χ0n) is 7.35. The molecule has 0 bridgehead atoms. The van der Waals surface area contributed by atoms with Gasteiger partial charge in [0.2, 0.25) is 0 Å². The van der Waals surface area contributed by atoms with Crippen molar-refractivity contribution in [3.63, 3.8) is 0 Å². The van der Waals surface area contributed by atoms with Gasteiger partial charge in [0.05, 0.1) is 0 Å². The number of hydrogen-bond acceptors (Lipinski definition) is 2. The van der Waals surface area contributed by atoms with Gasteiger partial charge in [0.1, 0.15) is 6.17 Å². The van der Waals surface area contributed by atoms with Gasteiger partial charge >= 0.3 is 0 Å². The van der Waals surface area contributed by atoms with Crippen molar-refractivity contribution < 1.29 is 4.39 Å². The summed E-state index contributed by atoms with van der Waals surface area (Å²) in [5.41, 5.74) is 6.11. The van der Waals surface area contributed by atoms with Gasteiger partial charge in [0, 0.05) is 6.04 Å². The molecule has 2 rings (SSSR count). The maximum Gasteiger partial charge on any atom is 0.102 e. The molecule has 2 fully saturated rings. The number of alkyl halides is 1. The summed E-state index contributed by atoms with van der Waals surface area (Å²) in [7, 11) is 0. The van der Waals surface area contributed by atoms with E-state index in [1.807, 2.05) is 0 Å². The van der Waals surface area contributed by atoms with Crippen LogP contribution in [0.3, 0.4) is 0 Å². The highest BCUT2D eigenvalue weighted by molar-refractivity contribution is 5.00. The van der Waals surface area contributed by atoms with Crippen LogP contribution in [0.4, 0.5) is 4.39 Å². The number of halogens is 1. The lowest BCUT2D eigenvalue weighted by atomic mass is 9.75. The van der Waals surface area contributed by atoms with E-state index in [1.165, 1.54) is 0 Å². The second kappa shape index (κ2) is 2.96. The van der Waals surface area contributed by atoms with Crippen LogP contribution in [-0.2, 0) is 0 Å². The Labute approximate surface area is 72.7 Å². The topological polar surface area (TPSA) is 38.0 Å². The Morgan fingerprint density at radius 3 is 2.50 bits per heavy atom. The molecule has 0 aromatic rings. The Hall–Kier alpha value is -0.150. The second-order valence-electron chi connectivity index (χ2n) is 4.26. The third-order valence-electron chi connectivity index (χ3n) is 3.52. The SMILES string of the molecule is NC1C[C@@H](F)CC12CCNCC2. The van der Waals surface area contributed by atoms with Gasteiger partial charge in [-0.25, -0.2) is 4.39 Å². The van der Waals surface area contributed by atoms with E-state index in [-0.39, 0.29) is 11.5 Å². The van der Waals surface area contributed by atoms with E-state index in [1.54, 1.807) is 0 Å². The Balaban J connectivity index is 2.08. The highest BCUT2D eigenvalue weighted by Gasteiger charge is 2.45. The Morgan fingerprint density at radius 2 is 2.00 bits per heavy atom. The van der Waals surface area contributed by atoms with Crippen molar-refractivity contribution in [2.75, 3.05) is 13.1 Å². The van der Waals surface area contributed by atoms with Gasteiger partial charge in [-0.05, 0) is 44.2 Å². The van der Waals surface area contributed by atoms with E-state index >= 15 is 0 Å². The summed E-state index contributed by atoms with van der Waals surface area (Å²) in [6.07, 6.45) is 2.78. The second-order valence-corrected chi connectivity index (χ2v) is 4.26. The highest BCUT2D eigenvalue weighted by atomic mass is 19.1. The molecule has 0 aromatic heterocycles. The lowest BCUT2D eigenvalue weighted by molar-refractivity contribution is 0.171. The first kappa shape index (κ1) is 8.45. The van der Waals surface area contributed by atoms with Crippen LogP contribution < -0.4 is 11.1 Å². The van der Waals surface area contributed by atoms with Gasteiger partial charge in [-0.2, -0.15) is 0 Å². The summed E-state index contributed by atoms with van der Waals surface area (Å²) in [4.78, 5) is 0. The van der Waals surface area contributed by atoms with Crippen LogP contribution in [0.15, 0.2) is 0 Å². The Bertz CT molecular complexity index is 166. The van der Waals surface area contributed by atoms with E-state index in [9.17, 15) is 4.39 Å². The minimum Gasteiger partial charge on any atom is -0.327 e. The van der Waals surface area contributed by atoms with Gasteiger partial charge in [-0.3, -0.25) is 0 Å². The van der Waals surface area contributed by atoms with E-state index < -0.39 is 6.17 Å². The number of rotatable bonds is 0. The van der Waals surface area contributed by atoms with Crippen LogP contribution in [0.1, 0.15) is 25.7 Å². The highest BCUT2D eigenvalue weighted by Crippen LogP contribution is 2.45. The molecule has 2 aliphatic rings. The first-order valence-corrected chi connectivity index (χ1v) is 4.83. The van der Waals surface area contributed by atoms with Crippen LogP contribution >= 0.6 is 0 Å². The molecule has 1 spiro atoms. The molecule has 3 heteroatoms. The predicted molar refractivity (Wildman–Crippen MR) is 46.6 cm³/mol. The maximum absolute atomic E-state index is 13.1. The van der Waals surface area contributed by atoms with Crippen molar-refractivity contribution in [2.24, 2.45) is 11.1 Å². The van der Waals surface area contributed by atoms with Crippen molar-refractivity contribution in [3.05, 3.63) is 0 Å². The maximum atomic E-state index is 13.1. The van der Waals surface area contributed by atoms with Crippen molar-refractivity contribution in [1.82, 2.24) is 5.32 Å². The number of nitrogens with one attached hydrogen (secondary N) is 1. The summed E-state index contributed by atoms with van der Waals surface area (Å²) < 4.78 is 13.1. The Kier molecular flexibility index (Phi) is 2.09. The zero-order valence-corrected chi connectivity index (χ0v) is 7.35. The molecule has 1 aliphatic heterocycles. The fraction of sp³-hybridized carbons (Fsp3) is 1.00. The van der Waals surface area contributed by atoms with Crippen molar-refractivity contribution >= 4 is 0 Å². The van der Waals surface area contributed by atoms with Gasteiger partial charge < -0.3 is 11.1 Å². The lowest BCUT2D eigenvalue weighted by Crippen LogP contribution is -2.45. The van der Waals surface area contributed by atoms with Gasteiger partial charge in [-0.15, -0.1) is 0 Å². The molecule has 1 saturated heterocycles. The van der Waals surface area contributed by atoms with Crippen LogP contribution in [0, 0.1) is 5.41 Å². The molecular weight excluding hydrogens is 155 g/mol. The van der Waals surface area contributed by atoms with Gasteiger partial charge in [-0.1, -0.05) is 0 Å². The smallest absolute Gasteiger partial charge is 0.102 e. The van der Waals surface area contributed by atoms with Crippen LogP contribution in [0.5, 0.6) is 0 Å². The molecule has 3 N–H and O–H groups in total. The summed E-state index contributed by atoms with van der Waals surface area (Å²) in [5, 5.41) is 3.29. The average molecular weight is 172 g/mol. The van der Waals surface area contributed by atoms with E-state index in [0.717, 1.165) is 25.9 Å². The number of piperidine rings is 1. The van der Waals surface area contributed by atoms with Crippen LogP contribution in [0.25, 0.3) is 0 Å². The summed E-state index contributed by atoms with van der Waals surface area (Å²) in [6, 6.07) is 0.106. The number of nitrogens with two attached hydrogens (primary N) is 1. The third-order valence-corrected chi connectivity index (χ3v) is 3.52. The molecule has 1 saturated carbocycles. The fourth-order valence-corrected chi connectivity index (χ4v) is 2.70. The molecule has 2 atom stereocenters. The summed E-state index contributed by atoms with van der Waals surface area (Å²) >= 11 is 0. The summed E-state index contributed by atoms with van der Waals surface area (Å²) in [5.74, 6) is 0. The average Bonchev–Trinajstić information content (AvgIpc) is 2.29. The van der Waals surface area contributed by atoms with Gasteiger partial charge in [0.25, 0.3) is 0 Å². The Morgan fingerprint density at radius 1 is 1.33 bits per heavy atom. The molecule has 70 valence electrons. The van der Waals surface area contributed by atoms with Crippen molar-refractivity contribution in [2.45, 2.75) is 37.9 Å². The molecular formula is C9H17FN2. The molecule has 0 radical (unpaired) electrons. The van der Waals surface area contributed by atoms with Crippen LogP contribution in [0.2, 0.25) is 0 Å². The van der Waals surface area contributed by atoms with E-state index in [4.69, 9.17) is 5.73 Å². The number of hydrogen-bond donors (Lipinski definition) is 2. The first-order chi connectivity index (χ1) is 5.73. The molecule has 0 amide bonds. The normalized spacial score (nSPS) is 40.5. The van der Waals surface area contributed by atoms with Crippen molar-refractivity contribution in [3.8, 4) is 0 Å². The first-order valence-electron chi connectivity index (χ1n) is 4.83. The largest absolute Gasteiger partial charge is 0.327 e. The standard InChI is InChI=1S/C9H17FN2/c10-7-5-8(11)9(6-7)1-3-12-4-2-9/h7-8,12H,1-6,11H2/t7-,8?/m1/s1. The molecule has 1 heterocycles. The molecule has 2 nitrogen and oxygen atoms in total. The quantitative estimate of drug-likeness (QED) is 0.567. The predicted octanol–water partition coefficient (Wildman–Crippen LogP) is 0.815. The van der Waals surface area contributed by atoms with Crippen LogP contribution in [-0.4, -0.2) is 25.3 Å². The fourth-order valence-electron chi connectivity index (χ4n) is 2.70. The minimum atomic E-state index is -0.641. The zero-order chi connectivity index (χ0) is 8.60. The van der Waals surface area contributed by atoms with Gasteiger partial charge in [0.15, 0.2) is 0 Å². The van der Waals surface area contributed by atoms with Crippen molar-refractivity contribution in [1.29, 1.82) is 0 Å². The minimum absolute atomic E-state index is 0.106. The monoisotopic (exact) mass is 172 g/mol. The molecule has 1 aliphatic carbocycles. The van der Waals surface area contributed by atoms with E-state index in [2.05, 4.69) is 5.32 Å². The van der Waals surface area contributed by atoms with E-state index in [0.29, 0.717) is 12.8 Å². The molecule has 1 unspecified atom stereocenters.